The number of benzene rings is 1. The first-order chi connectivity index (χ1) is 8.86. The Kier molecular flexibility index (Phi) is 3.52. The summed E-state index contributed by atoms with van der Waals surface area (Å²) in [6, 6.07) is 6.92. The zero-order valence-electron chi connectivity index (χ0n) is 11.1. The molecule has 0 aromatic heterocycles. The molecule has 1 saturated heterocycles. The van der Waals surface area contributed by atoms with Gasteiger partial charge in [0.2, 0.25) is 0 Å². The zero-order chi connectivity index (χ0) is 12.4. The third-order valence-corrected chi connectivity index (χ3v) is 3.97. The van der Waals surface area contributed by atoms with Crippen molar-refractivity contribution in [2.45, 2.75) is 25.9 Å². The standard InChI is InChI=1S/C15H22N2O/c1-2-12-3-4-15-13(9-12)5-7-17(15)11-14-10-16-6-8-18-14/h3-4,9,14,16H,2,5-8,10-11H2,1H3. The number of anilines is 1. The number of ether oxygens (including phenoxy) is 1. The van der Waals surface area contributed by atoms with Crippen LogP contribution < -0.4 is 10.2 Å². The monoisotopic (exact) mass is 246 g/mol. The maximum Gasteiger partial charge on any atom is 0.0874 e. The van der Waals surface area contributed by atoms with Gasteiger partial charge in [-0.25, -0.2) is 0 Å². The predicted octanol–water partition coefficient (Wildman–Crippen LogP) is 1.60. The summed E-state index contributed by atoms with van der Waals surface area (Å²) in [4.78, 5) is 2.48. The molecular weight excluding hydrogens is 224 g/mol. The van der Waals surface area contributed by atoms with Gasteiger partial charge in [0.25, 0.3) is 0 Å². The maximum atomic E-state index is 5.80. The van der Waals surface area contributed by atoms with Crippen LogP contribution in [0.2, 0.25) is 0 Å². The Bertz CT molecular complexity index is 413. The number of fused-ring (bicyclic) bond motifs is 1. The molecule has 2 aliphatic heterocycles. The van der Waals surface area contributed by atoms with E-state index in [4.69, 9.17) is 4.74 Å². The molecule has 0 radical (unpaired) electrons. The van der Waals surface area contributed by atoms with Crippen LogP contribution in [0, 0.1) is 0 Å². The molecule has 0 spiro atoms. The van der Waals surface area contributed by atoms with Crippen molar-refractivity contribution >= 4 is 5.69 Å². The number of morpholine rings is 1. The van der Waals surface area contributed by atoms with Crippen molar-refractivity contribution in [3.8, 4) is 0 Å². The molecule has 3 rings (SSSR count). The van der Waals surface area contributed by atoms with E-state index in [0.717, 1.165) is 39.2 Å². The van der Waals surface area contributed by atoms with Crippen molar-refractivity contribution in [2.24, 2.45) is 0 Å². The van der Waals surface area contributed by atoms with Crippen LogP contribution in [0.4, 0.5) is 5.69 Å². The lowest BCUT2D eigenvalue weighted by Crippen LogP contribution is -2.45. The third-order valence-electron chi connectivity index (χ3n) is 3.97. The van der Waals surface area contributed by atoms with E-state index in [0.29, 0.717) is 6.10 Å². The van der Waals surface area contributed by atoms with E-state index >= 15 is 0 Å². The summed E-state index contributed by atoms with van der Waals surface area (Å²) < 4.78 is 5.80. The first-order valence-electron chi connectivity index (χ1n) is 7.06. The van der Waals surface area contributed by atoms with Gasteiger partial charge in [-0.3, -0.25) is 0 Å². The summed E-state index contributed by atoms with van der Waals surface area (Å²) in [7, 11) is 0. The van der Waals surface area contributed by atoms with Crippen molar-refractivity contribution in [3.05, 3.63) is 29.3 Å². The van der Waals surface area contributed by atoms with Crippen molar-refractivity contribution in [2.75, 3.05) is 37.7 Å². The van der Waals surface area contributed by atoms with Gasteiger partial charge < -0.3 is 15.0 Å². The van der Waals surface area contributed by atoms with Gasteiger partial charge in [0.1, 0.15) is 0 Å². The quantitative estimate of drug-likeness (QED) is 0.877. The second-order valence-corrected chi connectivity index (χ2v) is 5.21. The highest BCUT2D eigenvalue weighted by Crippen LogP contribution is 2.29. The summed E-state index contributed by atoms with van der Waals surface area (Å²) >= 11 is 0. The lowest BCUT2D eigenvalue weighted by molar-refractivity contribution is 0.0336. The predicted molar refractivity (Wildman–Crippen MR) is 74.3 cm³/mol. The van der Waals surface area contributed by atoms with Crippen LogP contribution in [0.5, 0.6) is 0 Å². The topological polar surface area (TPSA) is 24.5 Å². The molecule has 0 aliphatic carbocycles. The summed E-state index contributed by atoms with van der Waals surface area (Å²) in [6.45, 7) is 7.20. The number of hydrogen-bond donors (Lipinski definition) is 1. The largest absolute Gasteiger partial charge is 0.374 e. The lowest BCUT2D eigenvalue weighted by atomic mass is 10.1. The molecule has 1 N–H and O–H groups in total. The molecule has 98 valence electrons. The molecule has 0 amide bonds. The second-order valence-electron chi connectivity index (χ2n) is 5.21. The van der Waals surface area contributed by atoms with Gasteiger partial charge >= 0.3 is 0 Å². The highest BCUT2D eigenvalue weighted by Gasteiger charge is 2.23. The number of nitrogens with zero attached hydrogens (tertiary/aromatic N) is 1. The molecule has 3 nitrogen and oxygen atoms in total. The molecule has 3 heteroatoms. The molecule has 1 aromatic rings. The van der Waals surface area contributed by atoms with Crippen molar-refractivity contribution in [3.63, 3.8) is 0 Å². The fourth-order valence-electron chi connectivity index (χ4n) is 2.92. The van der Waals surface area contributed by atoms with Crippen LogP contribution in [0.25, 0.3) is 0 Å². The van der Waals surface area contributed by atoms with Gasteiger partial charge in [-0.1, -0.05) is 19.1 Å². The minimum Gasteiger partial charge on any atom is -0.374 e. The van der Waals surface area contributed by atoms with Crippen LogP contribution >= 0.6 is 0 Å². The van der Waals surface area contributed by atoms with Gasteiger partial charge in [0, 0.05) is 31.9 Å². The minimum atomic E-state index is 0.343. The van der Waals surface area contributed by atoms with Crippen molar-refractivity contribution in [1.29, 1.82) is 0 Å². The van der Waals surface area contributed by atoms with Gasteiger partial charge in [-0.15, -0.1) is 0 Å². The highest BCUT2D eigenvalue weighted by atomic mass is 16.5. The maximum absolute atomic E-state index is 5.80. The highest BCUT2D eigenvalue weighted by molar-refractivity contribution is 5.59. The third kappa shape index (κ3) is 2.38. The SMILES string of the molecule is CCc1ccc2c(c1)CCN2CC1CNCCO1. The molecule has 2 heterocycles. The first kappa shape index (κ1) is 12.0. The minimum absolute atomic E-state index is 0.343. The average molecular weight is 246 g/mol. The van der Waals surface area contributed by atoms with E-state index < -0.39 is 0 Å². The number of hydrogen-bond acceptors (Lipinski definition) is 3. The second kappa shape index (κ2) is 5.29. The zero-order valence-corrected chi connectivity index (χ0v) is 11.1. The number of rotatable bonds is 3. The molecular formula is C15H22N2O. The average Bonchev–Trinajstić information content (AvgIpc) is 2.82. The molecule has 2 aliphatic rings. The van der Waals surface area contributed by atoms with E-state index in [2.05, 4.69) is 35.3 Å². The Balaban J connectivity index is 1.70. The van der Waals surface area contributed by atoms with Crippen LogP contribution in [0.1, 0.15) is 18.1 Å². The Hall–Kier alpha value is -1.06. The van der Waals surface area contributed by atoms with E-state index in [1.807, 2.05) is 0 Å². The van der Waals surface area contributed by atoms with Crippen LogP contribution in [-0.4, -0.2) is 38.9 Å². The smallest absolute Gasteiger partial charge is 0.0874 e. The van der Waals surface area contributed by atoms with Gasteiger partial charge in [0.05, 0.1) is 12.7 Å². The van der Waals surface area contributed by atoms with E-state index in [-0.39, 0.29) is 0 Å². The van der Waals surface area contributed by atoms with Gasteiger partial charge in [0.15, 0.2) is 0 Å². The van der Waals surface area contributed by atoms with Gasteiger partial charge in [-0.05, 0) is 30.0 Å². The fourth-order valence-corrected chi connectivity index (χ4v) is 2.92. The summed E-state index contributed by atoms with van der Waals surface area (Å²) in [6.07, 6.45) is 2.65. The van der Waals surface area contributed by atoms with E-state index in [1.165, 1.54) is 23.2 Å². The van der Waals surface area contributed by atoms with Crippen LogP contribution in [0.3, 0.4) is 0 Å². The van der Waals surface area contributed by atoms with Crippen LogP contribution in [-0.2, 0) is 17.6 Å². The molecule has 0 saturated carbocycles. The molecule has 0 bridgehead atoms. The molecule has 1 unspecified atom stereocenters. The van der Waals surface area contributed by atoms with Crippen molar-refractivity contribution in [1.82, 2.24) is 5.32 Å². The fraction of sp³-hybridized carbons (Fsp3) is 0.600. The Morgan fingerprint density at radius 3 is 3.17 bits per heavy atom. The van der Waals surface area contributed by atoms with Gasteiger partial charge in [-0.2, -0.15) is 0 Å². The summed E-state index contributed by atoms with van der Waals surface area (Å²) in [5, 5.41) is 3.40. The van der Waals surface area contributed by atoms with Crippen molar-refractivity contribution < 1.29 is 4.74 Å². The van der Waals surface area contributed by atoms with E-state index in [9.17, 15) is 0 Å². The Labute approximate surface area is 109 Å². The molecule has 1 fully saturated rings. The normalized spacial score (nSPS) is 23.2. The van der Waals surface area contributed by atoms with E-state index in [1.54, 1.807) is 0 Å². The Morgan fingerprint density at radius 1 is 1.44 bits per heavy atom. The Morgan fingerprint density at radius 2 is 2.39 bits per heavy atom. The summed E-state index contributed by atoms with van der Waals surface area (Å²) in [5.41, 5.74) is 4.38. The summed E-state index contributed by atoms with van der Waals surface area (Å²) in [5.74, 6) is 0. The molecule has 1 atom stereocenters. The number of nitrogens with one attached hydrogen (secondary N) is 1. The molecule has 1 aromatic carbocycles. The first-order valence-corrected chi connectivity index (χ1v) is 7.06. The number of aryl methyl sites for hydroxylation is 1. The lowest BCUT2D eigenvalue weighted by Gasteiger charge is -2.29. The van der Waals surface area contributed by atoms with Crippen LogP contribution in [0.15, 0.2) is 18.2 Å². The molecule has 18 heavy (non-hydrogen) atoms.